The van der Waals surface area contributed by atoms with Crippen molar-refractivity contribution in [1.82, 2.24) is 0 Å². The zero-order valence-corrected chi connectivity index (χ0v) is 13.6. The van der Waals surface area contributed by atoms with Crippen LogP contribution in [0.25, 0.3) is 0 Å². The highest BCUT2D eigenvalue weighted by atomic mass is 35.5. The summed E-state index contributed by atoms with van der Waals surface area (Å²) in [6, 6.07) is 4.76. The Bertz CT molecular complexity index is 897. The molecule has 0 bridgehead atoms. The Morgan fingerprint density at radius 3 is 1.93 bits per heavy atom. The number of hydrogen-bond donors (Lipinski definition) is 1. The number of nitro groups is 2. The van der Waals surface area contributed by atoms with Crippen molar-refractivity contribution in [3.05, 3.63) is 73.6 Å². The Balaban J connectivity index is 2.54. The van der Waals surface area contributed by atoms with E-state index in [0.29, 0.717) is 0 Å². The average Bonchev–Trinajstić information content (AvgIpc) is 2.58. The molecular weight excluding hydrogens is 400 g/mol. The molecule has 13 heteroatoms. The number of nitro benzene ring substituents is 2. The predicted octanol–water partition coefficient (Wildman–Crippen LogP) is 4.67. The number of alkyl halides is 3. The van der Waals surface area contributed by atoms with Crippen molar-refractivity contribution in [1.29, 1.82) is 0 Å². The highest BCUT2D eigenvalue weighted by Gasteiger charge is 2.37. The van der Waals surface area contributed by atoms with Crippen LogP contribution < -0.4 is 5.43 Å². The molecule has 2 aromatic carbocycles. The van der Waals surface area contributed by atoms with Gasteiger partial charge in [0.15, 0.2) is 5.17 Å². The van der Waals surface area contributed by atoms with Crippen molar-refractivity contribution >= 4 is 33.8 Å². The van der Waals surface area contributed by atoms with Gasteiger partial charge in [-0.1, -0.05) is 11.6 Å². The van der Waals surface area contributed by atoms with Gasteiger partial charge in [-0.2, -0.15) is 18.3 Å². The van der Waals surface area contributed by atoms with Gasteiger partial charge in [-0.3, -0.25) is 25.7 Å². The molecule has 0 radical (unpaired) electrons. The maximum Gasteiger partial charge on any atom is 0.416 e. The van der Waals surface area contributed by atoms with Gasteiger partial charge in [0.2, 0.25) is 5.69 Å². The average molecular weight is 407 g/mol. The minimum Gasteiger partial charge on any atom is -0.264 e. The van der Waals surface area contributed by atoms with E-state index in [1.54, 1.807) is 0 Å². The molecule has 0 saturated heterocycles. The summed E-state index contributed by atoms with van der Waals surface area (Å²) in [5.74, 6) is -0.579. The van der Waals surface area contributed by atoms with Gasteiger partial charge < -0.3 is 0 Å². The molecule has 27 heavy (non-hydrogen) atoms. The smallest absolute Gasteiger partial charge is 0.264 e. The van der Waals surface area contributed by atoms with Crippen LogP contribution in [0.2, 0.25) is 0 Å². The summed E-state index contributed by atoms with van der Waals surface area (Å²) in [6.45, 7) is 0. The molecule has 0 spiro atoms. The molecule has 0 saturated carbocycles. The minimum absolute atomic E-state index is 0.136. The first-order chi connectivity index (χ1) is 12.5. The highest BCUT2D eigenvalue weighted by molar-refractivity contribution is 6.69. The number of hydrazone groups is 1. The van der Waals surface area contributed by atoms with Gasteiger partial charge in [0.05, 0.1) is 15.4 Å². The van der Waals surface area contributed by atoms with E-state index in [1.807, 2.05) is 5.43 Å². The second-order valence-electron chi connectivity index (χ2n) is 4.92. The van der Waals surface area contributed by atoms with Crippen LogP contribution in [0.4, 0.5) is 34.6 Å². The van der Waals surface area contributed by atoms with E-state index >= 15 is 0 Å². The summed E-state index contributed by atoms with van der Waals surface area (Å²) >= 11 is 5.82. The van der Waals surface area contributed by atoms with Crippen LogP contribution in [-0.4, -0.2) is 15.0 Å². The normalized spacial score (nSPS) is 12.0. The summed E-state index contributed by atoms with van der Waals surface area (Å²) in [6.07, 6.45) is -5.04. The van der Waals surface area contributed by atoms with Crippen LogP contribution in [0.3, 0.4) is 0 Å². The Morgan fingerprint density at radius 2 is 1.52 bits per heavy atom. The molecule has 1 N–H and O–H groups in total. The summed E-state index contributed by atoms with van der Waals surface area (Å²) in [5.41, 5.74) is -2.79. The molecule has 0 atom stereocenters. The van der Waals surface area contributed by atoms with Crippen LogP contribution in [-0.2, 0) is 6.18 Å². The molecular formula is C14H7ClF4N4O4. The summed E-state index contributed by atoms with van der Waals surface area (Å²) in [7, 11) is 0. The topological polar surface area (TPSA) is 111 Å². The van der Waals surface area contributed by atoms with Gasteiger partial charge >= 0.3 is 17.6 Å². The van der Waals surface area contributed by atoms with Crippen LogP contribution in [0, 0.1) is 26.0 Å². The largest absolute Gasteiger partial charge is 0.416 e. The van der Waals surface area contributed by atoms with Crippen LogP contribution in [0.1, 0.15) is 11.1 Å². The second kappa shape index (κ2) is 7.53. The van der Waals surface area contributed by atoms with Gasteiger partial charge in [-0.25, -0.2) is 4.39 Å². The molecule has 2 rings (SSSR count). The van der Waals surface area contributed by atoms with Crippen molar-refractivity contribution < 1.29 is 27.4 Å². The van der Waals surface area contributed by atoms with Crippen LogP contribution >= 0.6 is 11.6 Å². The Kier molecular flexibility index (Phi) is 5.59. The first kappa shape index (κ1) is 20.0. The summed E-state index contributed by atoms with van der Waals surface area (Å²) < 4.78 is 51.4. The molecule has 2 aromatic rings. The van der Waals surface area contributed by atoms with E-state index in [4.69, 9.17) is 11.6 Å². The summed E-state index contributed by atoms with van der Waals surface area (Å²) in [4.78, 5) is 19.7. The van der Waals surface area contributed by atoms with Crippen LogP contribution in [0.15, 0.2) is 41.5 Å². The molecule has 0 unspecified atom stereocenters. The summed E-state index contributed by atoms with van der Waals surface area (Å²) in [5, 5.41) is 25.3. The highest BCUT2D eigenvalue weighted by Crippen LogP contribution is 2.41. The quantitative estimate of drug-likeness (QED) is 0.335. The van der Waals surface area contributed by atoms with Crippen molar-refractivity contribution in [3.8, 4) is 0 Å². The van der Waals surface area contributed by atoms with Gasteiger partial charge in [0.25, 0.3) is 0 Å². The molecule has 8 nitrogen and oxygen atoms in total. The van der Waals surface area contributed by atoms with E-state index < -0.39 is 44.5 Å². The number of benzene rings is 2. The number of nitrogens with zero attached hydrogens (tertiary/aromatic N) is 3. The number of hydrogen-bond acceptors (Lipinski definition) is 6. The third-order valence-corrected chi connectivity index (χ3v) is 3.47. The fraction of sp³-hybridized carbons (Fsp3) is 0.0714. The van der Waals surface area contributed by atoms with E-state index in [-0.39, 0.29) is 22.9 Å². The lowest BCUT2D eigenvalue weighted by Gasteiger charge is -2.09. The fourth-order valence-electron chi connectivity index (χ4n) is 1.93. The minimum atomic E-state index is -5.04. The zero-order valence-electron chi connectivity index (χ0n) is 12.8. The lowest BCUT2D eigenvalue weighted by molar-refractivity contribution is -0.392. The molecule has 0 aromatic heterocycles. The zero-order chi connectivity index (χ0) is 20.4. The van der Waals surface area contributed by atoms with Crippen molar-refractivity contribution in [3.63, 3.8) is 0 Å². The van der Waals surface area contributed by atoms with E-state index in [0.717, 1.165) is 12.1 Å². The van der Waals surface area contributed by atoms with Crippen molar-refractivity contribution in [2.24, 2.45) is 5.10 Å². The van der Waals surface area contributed by atoms with E-state index in [9.17, 15) is 37.8 Å². The SMILES string of the molecule is O=[N+]([O-])c1cc(C(F)(F)F)cc([N+](=O)[O-])c1N/N=C(\Cl)c1ccc(F)cc1. The van der Waals surface area contributed by atoms with E-state index in [2.05, 4.69) is 5.10 Å². The van der Waals surface area contributed by atoms with Gasteiger partial charge in [0.1, 0.15) is 5.82 Å². The first-order valence-corrected chi connectivity index (χ1v) is 7.17. The standard InChI is InChI=1S/C14H7ClF4N4O4/c15-13(7-1-3-9(16)4-2-7)21-20-12-10(22(24)25)5-8(14(17,18)19)6-11(12)23(26)27/h1-6,20H/b21-13-. The monoisotopic (exact) mass is 406 g/mol. The maximum atomic E-state index is 12.9. The van der Waals surface area contributed by atoms with Gasteiger partial charge in [-0.05, 0) is 24.3 Å². The van der Waals surface area contributed by atoms with Crippen LogP contribution in [0.5, 0.6) is 0 Å². The molecule has 0 fully saturated rings. The predicted molar refractivity (Wildman–Crippen MR) is 87.2 cm³/mol. The maximum absolute atomic E-state index is 12.9. The lowest BCUT2D eigenvalue weighted by atomic mass is 10.1. The van der Waals surface area contributed by atoms with Gasteiger partial charge in [0, 0.05) is 17.7 Å². The molecule has 142 valence electrons. The second-order valence-corrected chi connectivity index (χ2v) is 5.28. The first-order valence-electron chi connectivity index (χ1n) is 6.80. The Hall–Kier alpha value is -3.28. The van der Waals surface area contributed by atoms with Crippen molar-refractivity contribution in [2.45, 2.75) is 6.18 Å². The Labute approximate surface area is 152 Å². The molecule has 0 aliphatic heterocycles. The lowest BCUT2D eigenvalue weighted by Crippen LogP contribution is -2.09. The molecule has 0 heterocycles. The Morgan fingerprint density at radius 1 is 1.04 bits per heavy atom. The van der Waals surface area contributed by atoms with Crippen molar-refractivity contribution in [2.75, 3.05) is 5.43 Å². The number of halogens is 5. The molecule has 0 aliphatic rings. The number of nitrogens with one attached hydrogen (secondary N) is 1. The molecule has 0 aliphatic carbocycles. The molecule has 0 amide bonds. The number of rotatable bonds is 5. The van der Waals surface area contributed by atoms with Gasteiger partial charge in [-0.15, -0.1) is 0 Å². The number of anilines is 1. The van der Waals surface area contributed by atoms with E-state index in [1.165, 1.54) is 12.1 Å². The third-order valence-electron chi connectivity index (χ3n) is 3.17. The third kappa shape index (κ3) is 4.67. The fourth-order valence-corrected chi connectivity index (χ4v) is 2.10.